The van der Waals surface area contributed by atoms with Crippen LogP contribution < -0.4 is 10.3 Å². The summed E-state index contributed by atoms with van der Waals surface area (Å²) in [5.41, 5.74) is 1.61. The van der Waals surface area contributed by atoms with Gasteiger partial charge in [-0.05, 0) is 44.5 Å². The van der Waals surface area contributed by atoms with Crippen LogP contribution in [0.2, 0.25) is 5.02 Å². The number of hydrogen-bond donors (Lipinski definition) is 0. The Morgan fingerprint density at radius 1 is 1.30 bits per heavy atom. The highest BCUT2D eigenvalue weighted by Crippen LogP contribution is 2.28. The zero-order valence-corrected chi connectivity index (χ0v) is 19.1. The fraction of sp³-hybridized carbons (Fsp3) is 0.300. The second-order valence-electron chi connectivity index (χ2n) is 6.69. The van der Waals surface area contributed by atoms with Crippen LogP contribution in [0, 0.1) is 6.92 Å². The van der Waals surface area contributed by atoms with Gasteiger partial charge in [0, 0.05) is 35.0 Å². The number of fused-ring (bicyclic) bond motifs is 1. The summed E-state index contributed by atoms with van der Waals surface area (Å²) in [5.74, 6) is 2.01. The van der Waals surface area contributed by atoms with E-state index in [0.717, 1.165) is 28.0 Å². The summed E-state index contributed by atoms with van der Waals surface area (Å²) in [5, 5.41) is 12.0. The van der Waals surface area contributed by atoms with E-state index in [1.54, 1.807) is 16.7 Å². The molecule has 0 bridgehead atoms. The first-order valence-corrected chi connectivity index (χ1v) is 11.6. The molecule has 0 saturated carbocycles. The van der Waals surface area contributed by atoms with E-state index in [1.807, 2.05) is 48.9 Å². The van der Waals surface area contributed by atoms with Crippen LogP contribution in [-0.4, -0.2) is 24.1 Å². The van der Waals surface area contributed by atoms with Crippen molar-refractivity contribution in [1.29, 1.82) is 0 Å². The third-order valence-electron chi connectivity index (χ3n) is 4.57. The number of thioether (sulfide) groups is 1. The van der Waals surface area contributed by atoms with Gasteiger partial charge in [-0.3, -0.25) is 9.20 Å². The van der Waals surface area contributed by atoms with Crippen molar-refractivity contribution in [2.24, 2.45) is 0 Å². The summed E-state index contributed by atoms with van der Waals surface area (Å²) in [6.07, 6.45) is 1.45. The predicted molar refractivity (Wildman–Crippen MR) is 120 cm³/mol. The van der Waals surface area contributed by atoms with Gasteiger partial charge in [0.15, 0.2) is 22.0 Å². The smallest absolute Gasteiger partial charge is 0.258 e. The van der Waals surface area contributed by atoms with Crippen molar-refractivity contribution in [3.63, 3.8) is 0 Å². The van der Waals surface area contributed by atoms with Crippen molar-refractivity contribution in [3.05, 3.63) is 68.3 Å². The number of thiazole rings is 1. The van der Waals surface area contributed by atoms with Crippen LogP contribution in [-0.2, 0) is 12.3 Å². The molecule has 0 amide bonds. The van der Waals surface area contributed by atoms with Crippen LogP contribution in [0.25, 0.3) is 4.96 Å². The van der Waals surface area contributed by atoms with Gasteiger partial charge < -0.3 is 9.30 Å². The molecule has 1 unspecified atom stereocenters. The molecule has 4 aromatic rings. The number of halogens is 1. The highest BCUT2D eigenvalue weighted by Gasteiger charge is 2.19. The number of benzene rings is 1. The summed E-state index contributed by atoms with van der Waals surface area (Å²) in [7, 11) is 0. The van der Waals surface area contributed by atoms with E-state index in [0.29, 0.717) is 22.3 Å². The fourth-order valence-electron chi connectivity index (χ4n) is 3.05. The van der Waals surface area contributed by atoms with Crippen molar-refractivity contribution in [3.8, 4) is 5.75 Å². The van der Waals surface area contributed by atoms with Gasteiger partial charge in [-0.2, -0.15) is 0 Å². The van der Waals surface area contributed by atoms with E-state index < -0.39 is 0 Å². The molecule has 0 aliphatic carbocycles. The Morgan fingerprint density at radius 3 is 2.90 bits per heavy atom. The lowest BCUT2D eigenvalue weighted by Crippen LogP contribution is -2.13. The Bertz CT molecular complexity index is 1250. The fourth-order valence-corrected chi connectivity index (χ4v) is 4.81. The molecule has 156 valence electrons. The second kappa shape index (κ2) is 8.79. The lowest BCUT2D eigenvalue weighted by atomic mass is 10.2. The maximum Gasteiger partial charge on any atom is 0.258 e. The minimum absolute atomic E-state index is 0.0743. The first kappa shape index (κ1) is 20.9. The van der Waals surface area contributed by atoms with Gasteiger partial charge in [-0.1, -0.05) is 23.4 Å². The van der Waals surface area contributed by atoms with E-state index in [1.165, 1.54) is 23.1 Å². The van der Waals surface area contributed by atoms with Gasteiger partial charge in [-0.15, -0.1) is 21.5 Å². The Balaban J connectivity index is 1.50. The minimum Gasteiger partial charge on any atom is -0.483 e. The molecule has 1 atom stereocenters. The standard InChI is InChI=1S/C20H20ClN5O2S2/c1-4-25-18(13(3)28-15-5-6-16(21)12(2)9-15)23-24-20(25)30-11-14-10-17(27)26-7-8-29-19(26)22-14/h5-10,13H,4,11H2,1-3H3. The van der Waals surface area contributed by atoms with E-state index >= 15 is 0 Å². The molecular formula is C20H20ClN5O2S2. The van der Waals surface area contributed by atoms with Crippen molar-refractivity contribution >= 4 is 39.7 Å². The highest BCUT2D eigenvalue weighted by atomic mass is 35.5. The number of aryl methyl sites for hydroxylation is 1. The first-order chi connectivity index (χ1) is 14.5. The summed E-state index contributed by atoms with van der Waals surface area (Å²) in [4.78, 5) is 17.4. The molecule has 4 rings (SSSR count). The maximum atomic E-state index is 12.2. The normalized spacial score (nSPS) is 12.4. The topological polar surface area (TPSA) is 74.3 Å². The van der Waals surface area contributed by atoms with E-state index in [2.05, 4.69) is 15.2 Å². The minimum atomic E-state index is -0.280. The van der Waals surface area contributed by atoms with Crippen molar-refractivity contribution in [1.82, 2.24) is 24.1 Å². The molecule has 10 heteroatoms. The Morgan fingerprint density at radius 2 is 2.13 bits per heavy atom. The van der Waals surface area contributed by atoms with Crippen molar-refractivity contribution < 1.29 is 4.74 Å². The molecule has 0 aliphatic heterocycles. The van der Waals surface area contributed by atoms with Gasteiger partial charge >= 0.3 is 0 Å². The van der Waals surface area contributed by atoms with Crippen LogP contribution in [0.4, 0.5) is 0 Å². The van der Waals surface area contributed by atoms with E-state index in [9.17, 15) is 4.79 Å². The second-order valence-corrected chi connectivity index (χ2v) is 8.91. The molecule has 1 aromatic carbocycles. The third-order valence-corrected chi connectivity index (χ3v) is 6.75. The molecular weight excluding hydrogens is 442 g/mol. The SMILES string of the molecule is CCn1c(SCc2cc(=O)n3ccsc3n2)nnc1C(C)Oc1ccc(Cl)c(C)c1. The zero-order valence-electron chi connectivity index (χ0n) is 16.7. The molecule has 0 saturated heterocycles. The quantitative estimate of drug-likeness (QED) is 0.369. The van der Waals surface area contributed by atoms with Gasteiger partial charge in [-0.25, -0.2) is 4.98 Å². The average Bonchev–Trinajstić information content (AvgIpc) is 3.36. The van der Waals surface area contributed by atoms with Crippen LogP contribution in [0.5, 0.6) is 5.75 Å². The number of aromatic nitrogens is 5. The molecule has 7 nitrogen and oxygen atoms in total. The summed E-state index contributed by atoms with van der Waals surface area (Å²) in [6.45, 7) is 6.63. The number of rotatable bonds is 7. The summed E-state index contributed by atoms with van der Waals surface area (Å²) < 4.78 is 9.63. The summed E-state index contributed by atoms with van der Waals surface area (Å²) in [6, 6.07) is 7.14. The summed E-state index contributed by atoms with van der Waals surface area (Å²) >= 11 is 9.04. The molecule has 0 fully saturated rings. The van der Waals surface area contributed by atoms with Crippen molar-refractivity contribution in [2.75, 3.05) is 0 Å². The average molecular weight is 462 g/mol. The highest BCUT2D eigenvalue weighted by molar-refractivity contribution is 7.98. The maximum absolute atomic E-state index is 12.2. The Hall–Kier alpha value is -2.36. The monoisotopic (exact) mass is 461 g/mol. The van der Waals surface area contributed by atoms with Crippen molar-refractivity contribution in [2.45, 2.75) is 44.3 Å². The predicted octanol–water partition coefficient (Wildman–Crippen LogP) is 4.76. The van der Waals surface area contributed by atoms with Crippen LogP contribution in [0.1, 0.15) is 37.0 Å². The van der Waals surface area contributed by atoms with E-state index in [-0.39, 0.29) is 11.7 Å². The van der Waals surface area contributed by atoms with Crippen LogP contribution in [0.3, 0.4) is 0 Å². The number of nitrogens with zero attached hydrogens (tertiary/aromatic N) is 5. The molecule has 0 radical (unpaired) electrons. The van der Waals surface area contributed by atoms with Gasteiger partial charge in [0.05, 0.1) is 5.69 Å². The molecule has 30 heavy (non-hydrogen) atoms. The lowest BCUT2D eigenvalue weighted by molar-refractivity contribution is 0.210. The molecule has 0 spiro atoms. The molecule has 0 aliphatic rings. The first-order valence-electron chi connectivity index (χ1n) is 9.40. The Kier molecular flexibility index (Phi) is 6.12. The number of hydrogen-bond acceptors (Lipinski definition) is 7. The molecule has 3 heterocycles. The number of ether oxygens (including phenoxy) is 1. The van der Waals surface area contributed by atoms with Crippen LogP contribution in [0.15, 0.2) is 45.8 Å². The van der Waals surface area contributed by atoms with E-state index in [4.69, 9.17) is 16.3 Å². The Labute approximate surface area is 186 Å². The third kappa shape index (κ3) is 4.23. The van der Waals surface area contributed by atoms with Gasteiger partial charge in [0.2, 0.25) is 0 Å². The van der Waals surface area contributed by atoms with Gasteiger partial charge in [0.1, 0.15) is 5.75 Å². The molecule has 0 N–H and O–H groups in total. The van der Waals surface area contributed by atoms with Gasteiger partial charge in [0.25, 0.3) is 5.56 Å². The lowest BCUT2D eigenvalue weighted by Gasteiger charge is -2.16. The molecule has 3 aromatic heterocycles. The van der Waals surface area contributed by atoms with Crippen LogP contribution >= 0.6 is 34.7 Å². The zero-order chi connectivity index (χ0) is 21.3. The largest absolute Gasteiger partial charge is 0.483 e.